The largest absolute Gasteiger partial charge is 0.469 e. The fourth-order valence-corrected chi connectivity index (χ4v) is 6.18. The van der Waals surface area contributed by atoms with Crippen molar-refractivity contribution in [3.63, 3.8) is 0 Å². The molecule has 0 N–H and O–H groups in total. The minimum atomic E-state index is -0.887. The molecule has 1 fully saturated rings. The fourth-order valence-electron chi connectivity index (χ4n) is 6.18. The molecule has 2 unspecified atom stereocenters. The van der Waals surface area contributed by atoms with Gasteiger partial charge in [-0.25, -0.2) is 0 Å². The molecule has 132 valence electrons. The van der Waals surface area contributed by atoms with Crippen LogP contribution in [0.1, 0.15) is 34.1 Å². The maximum absolute atomic E-state index is 13.2. The first-order chi connectivity index (χ1) is 12.6. The molecule has 0 aliphatic heterocycles. The monoisotopic (exact) mass is 348 g/mol. The van der Waals surface area contributed by atoms with E-state index in [0.717, 1.165) is 11.1 Å². The highest BCUT2D eigenvalue weighted by atomic mass is 16.5. The Morgan fingerprint density at radius 1 is 0.769 bits per heavy atom. The van der Waals surface area contributed by atoms with Crippen LogP contribution in [0.5, 0.6) is 0 Å². The van der Waals surface area contributed by atoms with Gasteiger partial charge < -0.3 is 9.47 Å². The third-order valence-corrected chi connectivity index (χ3v) is 7.01. The van der Waals surface area contributed by atoms with Gasteiger partial charge >= 0.3 is 11.9 Å². The minimum absolute atomic E-state index is 0.0473. The normalized spacial score (nSPS) is 32.5. The summed E-state index contributed by atoms with van der Waals surface area (Å²) < 4.78 is 10.5. The van der Waals surface area contributed by atoms with Crippen LogP contribution in [0.25, 0.3) is 0 Å². The molecule has 5 rings (SSSR count). The molecule has 0 aromatic heterocycles. The number of methoxy groups -OCH3 is 2. The summed E-state index contributed by atoms with van der Waals surface area (Å²) in [4.78, 5) is 26.3. The maximum atomic E-state index is 13.2. The average molecular weight is 348 g/mol. The van der Waals surface area contributed by atoms with Gasteiger partial charge in [0, 0.05) is 11.8 Å². The van der Waals surface area contributed by atoms with E-state index in [9.17, 15) is 9.59 Å². The summed E-state index contributed by atoms with van der Waals surface area (Å²) in [6.07, 6.45) is 1.06. The van der Waals surface area contributed by atoms with Crippen LogP contribution < -0.4 is 0 Å². The van der Waals surface area contributed by atoms with E-state index in [4.69, 9.17) is 9.47 Å². The van der Waals surface area contributed by atoms with Crippen molar-refractivity contribution in [1.82, 2.24) is 0 Å². The van der Waals surface area contributed by atoms with Gasteiger partial charge in [0.05, 0.1) is 25.0 Å². The van der Waals surface area contributed by atoms with Gasteiger partial charge in [-0.2, -0.15) is 0 Å². The Kier molecular flexibility index (Phi) is 2.98. The minimum Gasteiger partial charge on any atom is -0.469 e. The van der Waals surface area contributed by atoms with Gasteiger partial charge in [0.1, 0.15) is 0 Å². The van der Waals surface area contributed by atoms with Crippen molar-refractivity contribution < 1.29 is 19.1 Å². The molecular formula is C22H20O4. The number of carbonyl (C=O) groups excluding carboxylic acids is 2. The number of benzene rings is 2. The zero-order valence-electron chi connectivity index (χ0n) is 14.8. The third kappa shape index (κ3) is 1.45. The predicted molar refractivity (Wildman–Crippen MR) is 94.7 cm³/mol. The first kappa shape index (κ1) is 15.6. The SMILES string of the molecule is COC(=O)[C@@]12Cc3ccccc3C1C1c3ccccc3C[C@]12C(=O)OC. The van der Waals surface area contributed by atoms with Crippen LogP contribution in [0.15, 0.2) is 48.5 Å². The number of hydrogen-bond acceptors (Lipinski definition) is 4. The highest BCUT2D eigenvalue weighted by Gasteiger charge is 2.83. The summed E-state index contributed by atoms with van der Waals surface area (Å²) in [6, 6.07) is 16.3. The zero-order chi connectivity index (χ0) is 18.1. The van der Waals surface area contributed by atoms with Gasteiger partial charge in [0.25, 0.3) is 0 Å². The second-order valence-corrected chi connectivity index (χ2v) is 7.63. The standard InChI is InChI=1S/C22H20O4/c1-25-19(23)21-11-13-7-3-5-9-15(13)17(21)18-16-10-6-4-8-14(16)12-22(18,21)20(24)26-2/h3-10,17-18H,11-12H2,1-2H3/t17?,18?,21-,22-/m1/s1. The van der Waals surface area contributed by atoms with Crippen molar-refractivity contribution in [3.05, 3.63) is 70.8 Å². The van der Waals surface area contributed by atoms with Gasteiger partial charge in [-0.05, 0) is 35.1 Å². The van der Waals surface area contributed by atoms with Crippen molar-refractivity contribution in [2.24, 2.45) is 10.8 Å². The van der Waals surface area contributed by atoms with Crippen LogP contribution in [0.2, 0.25) is 0 Å². The van der Waals surface area contributed by atoms with Gasteiger partial charge in [0.2, 0.25) is 0 Å². The molecule has 4 nitrogen and oxygen atoms in total. The molecule has 3 aliphatic rings. The zero-order valence-corrected chi connectivity index (χ0v) is 14.8. The molecule has 1 saturated carbocycles. The molecule has 0 spiro atoms. The predicted octanol–water partition coefficient (Wildman–Crippen LogP) is 3.00. The molecule has 0 heterocycles. The van der Waals surface area contributed by atoms with Crippen LogP contribution in [0, 0.1) is 10.8 Å². The van der Waals surface area contributed by atoms with E-state index in [0.29, 0.717) is 12.8 Å². The fraction of sp³-hybridized carbons (Fsp3) is 0.364. The lowest BCUT2D eigenvalue weighted by molar-refractivity contribution is -0.204. The van der Waals surface area contributed by atoms with Crippen molar-refractivity contribution in [1.29, 1.82) is 0 Å². The van der Waals surface area contributed by atoms with Crippen molar-refractivity contribution in [3.8, 4) is 0 Å². The van der Waals surface area contributed by atoms with Crippen LogP contribution in [0.3, 0.4) is 0 Å². The van der Waals surface area contributed by atoms with Gasteiger partial charge in [-0.15, -0.1) is 0 Å². The summed E-state index contributed by atoms with van der Waals surface area (Å²) in [7, 11) is 2.83. The van der Waals surface area contributed by atoms with E-state index in [1.54, 1.807) is 0 Å². The topological polar surface area (TPSA) is 52.6 Å². The molecular weight excluding hydrogens is 328 g/mol. The number of esters is 2. The van der Waals surface area contributed by atoms with E-state index in [-0.39, 0.29) is 23.8 Å². The molecule has 4 atom stereocenters. The number of carbonyl (C=O) groups is 2. The molecule has 2 aromatic carbocycles. The van der Waals surface area contributed by atoms with Crippen LogP contribution in [0.4, 0.5) is 0 Å². The molecule has 3 aliphatic carbocycles. The van der Waals surface area contributed by atoms with Gasteiger partial charge in [-0.1, -0.05) is 48.5 Å². The van der Waals surface area contributed by atoms with Crippen molar-refractivity contribution in [2.45, 2.75) is 24.7 Å². The van der Waals surface area contributed by atoms with Crippen LogP contribution in [-0.2, 0) is 31.9 Å². The highest BCUT2D eigenvalue weighted by Crippen LogP contribution is 2.80. The lowest BCUT2D eigenvalue weighted by atomic mass is 9.38. The van der Waals surface area contributed by atoms with E-state index >= 15 is 0 Å². The number of hydrogen-bond donors (Lipinski definition) is 0. The highest BCUT2D eigenvalue weighted by molar-refractivity contribution is 5.97. The van der Waals surface area contributed by atoms with E-state index in [1.807, 2.05) is 24.3 Å². The number of fused-ring (bicyclic) bond motifs is 8. The first-order valence-electron chi connectivity index (χ1n) is 8.94. The van der Waals surface area contributed by atoms with Crippen molar-refractivity contribution in [2.75, 3.05) is 14.2 Å². The van der Waals surface area contributed by atoms with Gasteiger partial charge in [0.15, 0.2) is 0 Å². The summed E-state index contributed by atoms with van der Waals surface area (Å²) >= 11 is 0. The molecule has 26 heavy (non-hydrogen) atoms. The Morgan fingerprint density at radius 3 is 1.54 bits per heavy atom. The smallest absolute Gasteiger partial charge is 0.313 e. The number of rotatable bonds is 2. The summed E-state index contributed by atoms with van der Waals surface area (Å²) in [5.41, 5.74) is 2.83. The first-order valence-corrected chi connectivity index (χ1v) is 8.94. The lowest BCUT2D eigenvalue weighted by Gasteiger charge is -2.61. The lowest BCUT2D eigenvalue weighted by Crippen LogP contribution is -2.68. The number of ether oxygens (including phenoxy) is 2. The third-order valence-electron chi connectivity index (χ3n) is 7.01. The van der Waals surface area contributed by atoms with E-state index in [1.165, 1.54) is 25.3 Å². The molecule has 0 amide bonds. The molecule has 0 bridgehead atoms. The van der Waals surface area contributed by atoms with Crippen molar-refractivity contribution >= 4 is 11.9 Å². The Bertz CT molecular complexity index is 871. The Balaban J connectivity index is 1.80. The summed E-state index contributed by atoms with van der Waals surface area (Å²) in [5, 5.41) is 0. The molecule has 0 radical (unpaired) electrons. The molecule has 2 aromatic rings. The Labute approximate surface area is 152 Å². The van der Waals surface area contributed by atoms with E-state index < -0.39 is 10.8 Å². The van der Waals surface area contributed by atoms with Gasteiger partial charge in [-0.3, -0.25) is 9.59 Å². The van der Waals surface area contributed by atoms with Crippen LogP contribution >= 0.6 is 0 Å². The van der Waals surface area contributed by atoms with Crippen LogP contribution in [-0.4, -0.2) is 26.2 Å². The second-order valence-electron chi connectivity index (χ2n) is 7.63. The summed E-state index contributed by atoms with van der Waals surface area (Å²) in [5.74, 6) is -0.691. The Morgan fingerprint density at radius 2 is 1.15 bits per heavy atom. The quantitative estimate of drug-likeness (QED) is 0.783. The Hall–Kier alpha value is -2.62. The average Bonchev–Trinajstić information content (AvgIpc) is 3.14. The maximum Gasteiger partial charge on any atom is 0.313 e. The van der Waals surface area contributed by atoms with E-state index in [2.05, 4.69) is 24.3 Å². The molecule has 4 heteroatoms. The summed E-state index contributed by atoms with van der Waals surface area (Å²) in [6.45, 7) is 0. The second kappa shape index (κ2) is 4.97. The molecule has 0 saturated heterocycles.